The Hall–Kier alpha value is -0.950. The third-order valence-corrected chi connectivity index (χ3v) is 3.22. The van der Waals surface area contributed by atoms with Crippen molar-refractivity contribution in [2.75, 3.05) is 12.9 Å². The molecule has 0 spiro atoms. The van der Waals surface area contributed by atoms with Gasteiger partial charge in [0.25, 0.3) is 0 Å². The van der Waals surface area contributed by atoms with E-state index in [4.69, 9.17) is 4.74 Å². The van der Waals surface area contributed by atoms with Gasteiger partial charge in [-0.1, -0.05) is 11.8 Å². The summed E-state index contributed by atoms with van der Waals surface area (Å²) in [7, 11) is 0. The van der Waals surface area contributed by atoms with E-state index in [2.05, 4.69) is 9.36 Å². The number of thioether (sulfide) groups is 1. The van der Waals surface area contributed by atoms with E-state index in [0.717, 1.165) is 11.5 Å². The van der Waals surface area contributed by atoms with Crippen LogP contribution in [0.5, 0.6) is 0 Å². The molecule has 1 aromatic heterocycles. The Kier molecular flexibility index (Phi) is 4.88. The second-order valence-electron chi connectivity index (χ2n) is 2.92. The second kappa shape index (κ2) is 5.95. The van der Waals surface area contributed by atoms with Crippen LogP contribution in [0.1, 0.15) is 24.8 Å². The van der Waals surface area contributed by atoms with Gasteiger partial charge in [0.05, 0.1) is 6.61 Å². The van der Waals surface area contributed by atoms with E-state index >= 15 is 0 Å². The summed E-state index contributed by atoms with van der Waals surface area (Å²) in [5, 5.41) is 0.964. The van der Waals surface area contributed by atoms with Gasteiger partial charge in [0.2, 0.25) is 0 Å². The van der Waals surface area contributed by atoms with Crippen molar-refractivity contribution in [3.05, 3.63) is 5.01 Å². The lowest BCUT2D eigenvalue weighted by atomic mass is 10.1. The zero-order valence-corrected chi connectivity index (χ0v) is 10.9. The standard InChI is InChI=1S/C9H12N2O3S2/c1-4-14-8(13)6(5(2)12)7-10-9(15-3)11-16-7/h6H,4H2,1-3H3/t6-/m0/s1. The average molecular weight is 260 g/mol. The summed E-state index contributed by atoms with van der Waals surface area (Å²) < 4.78 is 8.85. The Bertz CT molecular complexity index is 392. The number of hydrogen-bond acceptors (Lipinski definition) is 7. The largest absolute Gasteiger partial charge is 0.465 e. The van der Waals surface area contributed by atoms with Gasteiger partial charge in [0.1, 0.15) is 5.01 Å². The number of carbonyl (C=O) groups excluding carboxylic acids is 2. The van der Waals surface area contributed by atoms with Crippen LogP contribution in [-0.2, 0) is 14.3 Å². The van der Waals surface area contributed by atoms with Crippen LogP contribution in [0.15, 0.2) is 5.16 Å². The molecule has 0 radical (unpaired) electrons. The molecule has 0 aliphatic rings. The molecule has 5 nitrogen and oxygen atoms in total. The topological polar surface area (TPSA) is 69.2 Å². The maximum absolute atomic E-state index is 11.6. The first-order chi connectivity index (χ1) is 7.60. The highest BCUT2D eigenvalue weighted by molar-refractivity contribution is 7.98. The first kappa shape index (κ1) is 13.1. The van der Waals surface area contributed by atoms with Crippen LogP contribution in [0.3, 0.4) is 0 Å². The number of Topliss-reactive ketones (excluding diaryl/α,β-unsaturated/α-hetero) is 1. The molecular weight excluding hydrogens is 248 g/mol. The summed E-state index contributed by atoms with van der Waals surface area (Å²) in [5.41, 5.74) is 0. The van der Waals surface area contributed by atoms with Crippen molar-refractivity contribution in [2.45, 2.75) is 24.9 Å². The Morgan fingerprint density at radius 3 is 2.69 bits per heavy atom. The van der Waals surface area contributed by atoms with Crippen LogP contribution in [0.25, 0.3) is 0 Å². The molecule has 1 rings (SSSR count). The summed E-state index contributed by atoms with van der Waals surface area (Å²) in [5.74, 6) is -1.76. The van der Waals surface area contributed by atoms with E-state index in [1.54, 1.807) is 6.92 Å². The number of rotatable bonds is 5. The molecular formula is C9H12N2O3S2. The van der Waals surface area contributed by atoms with E-state index in [9.17, 15) is 9.59 Å². The summed E-state index contributed by atoms with van der Waals surface area (Å²) in [6.07, 6.45) is 1.83. The van der Waals surface area contributed by atoms with Gasteiger partial charge in [-0.25, -0.2) is 4.98 Å². The monoisotopic (exact) mass is 260 g/mol. The van der Waals surface area contributed by atoms with Gasteiger partial charge in [0, 0.05) is 0 Å². The van der Waals surface area contributed by atoms with Crippen LogP contribution in [0.4, 0.5) is 0 Å². The van der Waals surface area contributed by atoms with E-state index in [1.165, 1.54) is 18.7 Å². The van der Waals surface area contributed by atoms with Crippen molar-refractivity contribution >= 4 is 35.0 Å². The third-order valence-electron chi connectivity index (χ3n) is 1.78. The lowest BCUT2D eigenvalue weighted by Gasteiger charge is -2.08. The van der Waals surface area contributed by atoms with E-state index in [0.29, 0.717) is 10.2 Å². The van der Waals surface area contributed by atoms with Crippen molar-refractivity contribution in [1.29, 1.82) is 0 Å². The molecule has 0 bridgehead atoms. The first-order valence-corrected chi connectivity index (χ1v) is 6.64. The average Bonchev–Trinajstić information content (AvgIpc) is 2.66. The molecule has 1 aromatic rings. The van der Waals surface area contributed by atoms with Crippen LogP contribution in [0.2, 0.25) is 0 Å². The molecule has 0 amide bonds. The molecule has 0 aromatic carbocycles. The normalized spacial score (nSPS) is 12.2. The number of aromatic nitrogens is 2. The van der Waals surface area contributed by atoms with Crippen molar-refractivity contribution < 1.29 is 14.3 Å². The van der Waals surface area contributed by atoms with Crippen molar-refractivity contribution in [3.63, 3.8) is 0 Å². The Morgan fingerprint density at radius 1 is 1.56 bits per heavy atom. The number of ether oxygens (including phenoxy) is 1. The van der Waals surface area contributed by atoms with Gasteiger partial charge in [-0.15, -0.1) is 0 Å². The molecule has 1 atom stereocenters. The fourth-order valence-electron chi connectivity index (χ4n) is 1.09. The first-order valence-electron chi connectivity index (χ1n) is 4.64. The Morgan fingerprint density at radius 2 is 2.25 bits per heavy atom. The molecule has 7 heteroatoms. The lowest BCUT2D eigenvalue weighted by Crippen LogP contribution is -2.22. The minimum absolute atomic E-state index is 0.247. The Balaban J connectivity index is 2.93. The molecule has 0 N–H and O–H groups in total. The molecule has 0 aliphatic carbocycles. The molecule has 0 fully saturated rings. The van der Waals surface area contributed by atoms with Crippen molar-refractivity contribution in [2.24, 2.45) is 0 Å². The van der Waals surface area contributed by atoms with E-state index in [1.807, 2.05) is 6.26 Å². The molecule has 0 unspecified atom stereocenters. The smallest absolute Gasteiger partial charge is 0.323 e. The van der Waals surface area contributed by atoms with Gasteiger partial charge < -0.3 is 4.74 Å². The highest BCUT2D eigenvalue weighted by Gasteiger charge is 2.30. The number of nitrogens with zero attached hydrogens (tertiary/aromatic N) is 2. The lowest BCUT2D eigenvalue weighted by molar-refractivity contribution is -0.147. The van der Waals surface area contributed by atoms with Crippen LogP contribution in [-0.4, -0.2) is 34.0 Å². The highest BCUT2D eigenvalue weighted by atomic mass is 32.2. The van der Waals surface area contributed by atoms with Gasteiger partial charge in [-0.3, -0.25) is 9.59 Å². The number of carbonyl (C=O) groups is 2. The minimum Gasteiger partial charge on any atom is -0.465 e. The van der Waals surface area contributed by atoms with Gasteiger partial charge >= 0.3 is 5.97 Å². The fraction of sp³-hybridized carbons (Fsp3) is 0.556. The minimum atomic E-state index is -0.932. The maximum atomic E-state index is 11.6. The maximum Gasteiger partial charge on any atom is 0.323 e. The van der Waals surface area contributed by atoms with Crippen LogP contribution >= 0.6 is 23.3 Å². The van der Waals surface area contributed by atoms with Crippen LogP contribution < -0.4 is 0 Å². The Labute approximate surface area is 102 Å². The summed E-state index contributed by atoms with van der Waals surface area (Å²) in [6, 6.07) is 0. The summed E-state index contributed by atoms with van der Waals surface area (Å²) in [4.78, 5) is 27.1. The van der Waals surface area contributed by atoms with Gasteiger partial charge in [0.15, 0.2) is 16.9 Å². The quantitative estimate of drug-likeness (QED) is 0.454. The molecule has 0 saturated carbocycles. The van der Waals surface area contributed by atoms with Crippen molar-refractivity contribution in [1.82, 2.24) is 9.36 Å². The fourth-order valence-corrected chi connectivity index (χ4v) is 2.45. The molecule has 88 valence electrons. The van der Waals surface area contributed by atoms with E-state index < -0.39 is 11.9 Å². The number of hydrogen-bond donors (Lipinski definition) is 0. The SMILES string of the molecule is CCOC(=O)[C@@H](C(C)=O)c1nc(SC)ns1. The summed E-state index contributed by atoms with van der Waals surface area (Å²) >= 11 is 2.43. The highest BCUT2D eigenvalue weighted by Crippen LogP contribution is 2.23. The predicted octanol–water partition coefficient (Wildman–Crippen LogP) is 1.50. The van der Waals surface area contributed by atoms with E-state index in [-0.39, 0.29) is 12.4 Å². The molecule has 1 heterocycles. The third kappa shape index (κ3) is 3.02. The zero-order valence-electron chi connectivity index (χ0n) is 9.22. The van der Waals surface area contributed by atoms with Crippen molar-refractivity contribution in [3.8, 4) is 0 Å². The zero-order chi connectivity index (χ0) is 12.1. The molecule has 0 saturated heterocycles. The number of esters is 1. The molecule has 0 aliphatic heterocycles. The molecule has 16 heavy (non-hydrogen) atoms. The summed E-state index contributed by atoms with van der Waals surface area (Å²) in [6.45, 7) is 3.29. The van der Waals surface area contributed by atoms with Crippen LogP contribution in [0, 0.1) is 0 Å². The second-order valence-corrected chi connectivity index (χ2v) is 4.47. The van der Waals surface area contributed by atoms with Gasteiger partial charge in [-0.2, -0.15) is 4.37 Å². The van der Waals surface area contributed by atoms with Gasteiger partial charge in [-0.05, 0) is 31.6 Å². The predicted molar refractivity (Wildman–Crippen MR) is 61.7 cm³/mol. The number of ketones is 1.